The van der Waals surface area contributed by atoms with E-state index >= 15 is 0 Å². The zero-order valence-corrected chi connectivity index (χ0v) is 14.1. The molecule has 1 unspecified atom stereocenters. The minimum Gasteiger partial charge on any atom is -0.475 e. The number of sulfonamides is 1. The van der Waals surface area contributed by atoms with E-state index < -0.39 is 21.8 Å². The molecule has 0 aliphatic carbocycles. The molecule has 1 aliphatic heterocycles. The van der Waals surface area contributed by atoms with Crippen molar-refractivity contribution in [2.75, 3.05) is 26.7 Å². The van der Waals surface area contributed by atoms with E-state index in [9.17, 15) is 13.2 Å². The number of nitrogens with zero attached hydrogens (tertiary/aromatic N) is 2. The summed E-state index contributed by atoms with van der Waals surface area (Å²) in [6, 6.07) is 1.19. The van der Waals surface area contributed by atoms with E-state index in [1.54, 1.807) is 0 Å². The Morgan fingerprint density at radius 1 is 1.52 bits per heavy atom. The van der Waals surface area contributed by atoms with Gasteiger partial charge in [0.15, 0.2) is 4.67 Å². The van der Waals surface area contributed by atoms with Gasteiger partial charge >= 0.3 is 5.97 Å². The van der Waals surface area contributed by atoms with Gasteiger partial charge in [0.05, 0.1) is 0 Å². The van der Waals surface area contributed by atoms with Gasteiger partial charge in [-0.1, -0.05) is 6.92 Å². The molecule has 1 fully saturated rings. The molecule has 118 valence electrons. The largest absolute Gasteiger partial charge is 0.475 e. The molecule has 9 heteroatoms. The van der Waals surface area contributed by atoms with Crippen molar-refractivity contribution in [2.45, 2.75) is 24.3 Å². The molecular weight excluding hydrogens is 364 g/mol. The van der Waals surface area contributed by atoms with Crippen LogP contribution in [0.3, 0.4) is 0 Å². The first-order valence-corrected chi connectivity index (χ1v) is 8.73. The Labute approximate surface area is 131 Å². The Morgan fingerprint density at radius 3 is 2.71 bits per heavy atom. The maximum Gasteiger partial charge on any atom is 0.371 e. The highest BCUT2D eigenvalue weighted by atomic mass is 79.9. The van der Waals surface area contributed by atoms with Crippen LogP contribution in [0.4, 0.5) is 0 Å². The van der Waals surface area contributed by atoms with Crippen molar-refractivity contribution in [3.05, 3.63) is 16.5 Å². The van der Waals surface area contributed by atoms with E-state index in [-0.39, 0.29) is 15.6 Å². The van der Waals surface area contributed by atoms with Gasteiger partial charge in [-0.05, 0) is 29.4 Å². The Balaban J connectivity index is 2.32. The molecule has 0 saturated carbocycles. The summed E-state index contributed by atoms with van der Waals surface area (Å²) in [5, 5.41) is 8.88. The second-order valence-corrected chi connectivity index (χ2v) is 7.59. The van der Waals surface area contributed by atoms with Gasteiger partial charge in [-0.15, -0.1) is 0 Å². The maximum absolute atomic E-state index is 12.6. The van der Waals surface area contributed by atoms with Gasteiger partial charge < -0.3 is 14.4 Å². The number of furan rings is 1. The number of carboxylic acids is 1. The van der Waals surface area contributed by atoms with E-state index in [4.69, 9.17) is 9.52 Å². The Bertz CT molecular complexity index is 642. The molecule has 0 radical (unpaired) electrons. The molecule has 7 nitrogen and oxygen atoms in total. The lowest BCUT2D eigenvalue weighted by atomic mass is 10.1. The number of carboxylic acid groups (broad SMARTS) is 1. The first-order valence-electron chi connectivity index (χ1n) is 6.50. The predicted molar refractivity (Wildman–Crippen MR) is 78.8 cm³/mol. The van der Waals surface area contributed by atoms with Crippen molar-refractivity contribution >= 4 is 31.9 Å². The molecule has 2 heterocycles. The van der Waals surface area contributed by atoms with Gasteiger partial charge in [0.1, 0.15) is 4.90 Å². The standard InChI is InChI=1S/C12H17BrN2O5S/c1-3-8-7-15(5-4-14(8)2)21(18,19)10-6-9(12(16)17)20-11(10)13/h6,8H,3-5,7H2,1-2H3,(H,16,17). The molecule has 0 spiro atoms. The fourth-order valence-corrected chi connectivity index (χ4v) is 4.72. The molecule has 21 heavy (non-hydrogen) atoms. The van der Waals surface area contributed by atoms with Crippen molar-refractivity contribution in [3.8, 4) is 0 Å². The number of likely N-dealkylation sites (N-methyl/N-ethyl adjacent to an activating group) is 1. The number of rotatable bonds is 4. The van der Waals surface area contributed by atoms with Crippen LogP contribution in [0.2, 0.25) is 0 Å². The van der Waals surface area contributed by atoms with Crippen LogP contribution >= 0.6 is 15.9 Å². The molecule has 1 aromatic heterocycles. The van der Waals surface area contributed by atoms with Crippen molar-refractivity contribution in [3.63, 3.8) is 0 Å². The SMILES string of the molecule is CCC1CN(S(=O)(=O)c2cc(C(=O)O)oc2Br)CCN1C. The topological polar surface area (TPSA) is 91.1 Å². The number of carbonyl (C=O) groups is 1. The summed E-state index contributed by atoms with van der Waals surface area (Å²) in [5.41, 5.74) is 0. The molecule has 1 N–H and O–H groups in total. The summed E-state index contributed by atoms with van der Waals surface area (Å²) in [6.45, 7) is 3.40. The summed E-state index contributed by atoms with van der Waals surface area (Å²) in [6.07, 6.45) is 0.843. The van der Waals surface area contributed by atoms with E-state index in [2.05, 4.69) is 20.8 Å². The third-order valence-electron chi connectivity index (χ3n) is 3.70. The molecule has 2 rings (SSSR count). The second kappa shape index (κ2) is 6.07. The fourth-order valence-electron chi connectivity index (χ4n) is 2.35. The summed E-state index contributed by atoms with van der Waals surface area (Å²) < 4.78 is 31.5. The molecular formula is C12H17BrN2O5S. The highest BCUT2D eigenvalue weighted by Gasteiger charge is 2.35. The molecule has 0 aromatic carbocycles. The zero-order chi connectivity index (χ0) is 15.8. The minimum absolute atomic E-state index is 0.0770. The second-order valence-electron chi connectivity index (χ2n) is 4.96. The van der Waals surface area contributed by atoms with Gasteiger partial charge in [-0.3, -0.25) is 0 Å². The van der Waals surface area contributed by atoms with Gasteiger partial charge in [-0.25, -0.2) is 13.2 Å². The number of aromatic carboxylic acids is 1. The van der Waals surface area contributed by atoms with Crippen LogP contribution in [-0.2, 0) is 10.0 Å². The number of halogens is 1. The Hall–Kier alpha value is -0.900. The first kappa shape index (κ1) is 16.5. The number of hydrogen-bond donors (Lipinski definition) is 1. The summed E-state index contributed by atoms with van der Waals surface area (Å²) >= 11 is 2.99. The fraction of sp³-hybridized carbons (Fsp3) is 0.583. The normalized spacial score (nSPS) is 21.6. The van der Waals surface area contributed by atoms with Crippen LogP contribution in [0.15, 0.2) is 20.0 Å². The average Bonchev–Trinajstić information content (AvgIpc) is 2.82. The van der Waals surface area contributed by atoms with Gasteiger partial charge in [-0.2, -0.15) is 4.31 Å². The quantitative estimate of drug-likeness (QED) is 0.849. The lowest BCUT2D eigenvalue weighted by Gasteiger charge is -2.38. The first-order chi connectivity index (χ1) is 9.77. The third kappa shape index (κ3) is 3.15. The third-order valence-corrected chi connectivity index (χ3v) is 6.42. The van der Waals surface area contributed by atoms with Gasteiger partial charge in [0.2, 0.25) is 15.8 Å². The van der Waals surface area contributed by atoms with Crippen molar-refractivity contribution in [2.24, 2.45) is 0 Å². The van der Waals surface area contributed by atoms with E-state index in [0.29, 0.717) is 19.6 Å². The van der Waals surface area contributed by atoms with E-state index in [0.717, 1.165) is 12.5 Å². The van der Waals surface area contributed by atoms with Crippen molar-refractivity contribution in [1.82, 2.24) is 9.21 Å². The van der Waals surface area contributed by atoms with E-state index in [1.165, 1.54) is 4.31 Å². The van der Waals surface area contributed by atoms with Crippen LogP contribution in [0.1, 0.15) is 23.9 Å². The maximum atomic E-state index is 12.6. The molecule has 0 amide bonds. The van der Waals surface area contributed by atoms with Crippen LogP contribution in [-0.4, -0.2) is 61.4 Å². The predicted octanol–water partition coefficient (Wildman–Crippen LogP) is 1.46. The molecule has 1 saturated heterocycles. The van der Waals surface area contributed by atoms with E-state index in [1.807, 2.05) is 14.0 Å². The van der Waals surface area contributed by atoms with Crippen molar-refractivity contribution in [1.29, 1.82) is 0 Å². The van der Waals surface area contributed by atoms with Crippen LogP contribution < -0.4 is 0 Å². The number of hydrogen-bond acceptors (Lipinski definition) is 5. The summed E-state index contributed by atoms with van der Waals surface area (Å²) in [4.78, 5) is 12.9. The molecule has 1 aliphatic rings. The molecule has 1 aromatic rings. The van der Waals surface area contributed by atoms with Crippen LogP contribution in [0, 0.1) is 0 Å². The Kier molecular flexibility index (Phi) is 4.76. The summed E-state index contributed by atoms with van der Waals surface area (Å²) in [5.74, 6) is -1.71. The Morgan fingerprint density at radius 2 is 2.19 bits per heavy atom. The average molecular weight is 381 g/mol. The highest BCUT2D eigenvalue weighted by Crippen LogP contribution is 2.30. The zero-order valence-electron chi connectivity index (χ0n) is 11.7. The smallest absolute Gasteiger partial charge is 0.371 e. The molecule has 0 bridgehead atoms. The van der Waals surface area contributed by atoms with Crippen LogP contribution in [0.25, 0.3) is 0 Å². The minimum atomic E-state index is -3.77. The van der Waals surface area contributed by atoms with Gasteiger partial charge in [0.25, 0.3) is 0 Å². The van der Waals surface area contributed by atoms with Crippen LogP contribution in [0.5, 0.6) is 0 Å². The van der Waals surface area contributed by atoms with Gasteiger partial charge in [0, 0.05) is 31.7 Å². The number of piperazine rings is 1. The lowest BCUT2D eigenvalue weighted by molar-refractivity contribution is 0.0661. The monoisotopic (exact) mass is 380 g/mol. The highest BCUT2D eigenvalue weighted by molar-refractivity contribution is 9.10. The molecule has 1 atom stereocenters. The lowest BCUT2D eigenvalue weighted by Crippen LogP contribution is -2.52. The summed E-state index contributed by atoms with van der Waals surface area (Å²) in [7, 11) is -1.80. The van der Waals surface area contributed by atoms with Crippen molar-refractivity contribution < 1.29 is 22.7 Å².